The molecular formula is C18H21F3N2O4S2. The molecule has 0 aliphatic carbocycles. The Balaban J connectivity index is 0.000000426. The van der Waals surface area contributed by atoms with Crippen LogP contribution in [0.1, 0.15) is 11.1 Å². The summed E-state index contributed by atoms with van der Waals surface area (Å²) >= 11 is 1.03. The standard InChI is InChI=1S/C14H11F3O4S2.C4H10N2/c1-9-8-10(14(15,16)17)6-7-12(9)22-13-5-3-2-4-11(13)21-23(18,19)20;1-2-6-4-3-5-1/h2-8H,1H3,(H,18,19,20);5-6H,1-4H2. The van der Waals surface area contributed by atoms with Gasteiger partial charge in [0.2, 0.25) is 0 Å². The Labute approximate surface area is 171 Å². The van der Waals surface area contributed by atoms with Gasteiger partial charge in [0.25, 0.3) is 0 Å². The van der Waals surface area contributed by atoms with Crippen molar-refractivity contribution in [3.8, 4) is 5.75 Å². The van der Waals surface area contributed by atoms with Crippen molar-refractivity contribution < 1.29 is 30.3 Å². The Morgan fingerprint density at radius 2 is 1.59 bits per heavy atom. The van der Waals surface area contributed by atoms with Crippen LogP contribution < -0.4 is 14.8 Å². The van der Waals surface area contributed by atoms with Crippen molar-refractivity contribution in [2.24, 2.45) is 0 Å². The van der Waals surface area contributed by atoms with E-state index in [1.54, 1.807) is 6.07 Å². The molecule has 0 aromatic heterocycles. The highest BCUT2D eigenvalue weighted by atomic mass is 32.3. The van der Waals surface area contributed by atoms with Gasteiger partial charge in [-0.25, -0.2) is 0 Å². The van der Waals surface area contributed by atoms with Gasteiger partial charge in [0.1, 0.15) is 0 Å². The molecule has 0 amide bonds. The Morgan fingerprint density at radius 1 is 1.00 bits per heavy atom. The van der Waals surface area contributed by atoms with Crippen molar-refractivity contribution >= 4 is 22.2 Å². The van der Waals surface area contributed by atoms with E-state index in [0.29, 0.717) is 15.4 Å². The number of aryl methyl sites for hydroxylation is 1. The van der Waals surface area contributed by atoms with Crippen molar-refractivity contribution in [2.45, 2.75) is 22.9 Å². The molecule has 3 N–H and O–H groups in total. The minimum Gasteiger partial charge on any atom is -0.361 e. The normalized spacial score (nSPS) is 14.7. The van der Waals surface area contributed by atoms with E-state index in [1.807, 2.05) is 0 Å². The molecule has 1 saturated heterocycles. The molecule has 1 aliphatic heterocycles. The summed E-state index contributed by atoms with van der Waals surface area (Å²) in [7, 11) is -4.69. The number of nitrogens with one attached hydrogen (secondary N) is 2. The number of hydrogen-bond acceptors (Lipinski definition) is 6. The van der Waals surface area contributed by atoms with E-state index in [1.165, 1.54) is 31.2 Å². The van der Waals surface area contributed by atoms with E-state index in [4.69, 9.17) is 4.55 Å². The van der Waals surface area contributed by atoms with Crippen LogP contribution in [0.5, 0.6) is 5.75 Å². The largest absolute Gasteiger partial charge is 0.446 e. The second-order valence-corrected chi connectivity index (χ2v) is 8.14. The molecule has 2 aromatic carbocycles. The average Bonchev–Trinajstić information content (AvgIpc) is 2.65. The van der Waals surface area contributed by atoms with Crippen LogP contribution >= 0.6 is 11.8 Å². The van der Waals surface area contributed by atoms with Crippen molar-refractivity contribution in [3.63, 3.8) is 0 Å². The molecule has 0 radical (unpaired) electrons. The lowest BCUT2D eigenvalue weighted by Gasteiger charge is -2.12. The quantitative estimate of drug-likeness (QED) is 0.615. The molecule has 0 atom stereocenters. The summed E-state index contributed by atoms with van der Waals surface area (Å²) in [5.41, 5.74) is -0.381. The second kappa shape index (κ2) is 10.3. The summed E-state index contributed by atoms with van der Waals surface area (Å²) in [5, 5.41) is 6.44. The number of hydrogen-bond donors (Lipinski definition) is 3. The molecule has 0 bridgehead atoms. The predicted molar refractivity (Wildman–Crippen MR) is 105 cm³/mol. The predicted octanol–water partition coefficient (Wildman–Crippen LogP) is 3.53. The third-order valence-corrected chi connectivity index (χ3v) is 5.35. The summed E-state index contributed by atoms with van der Waals surface area (Å²) in [6.07, 6.45) is -4.43. The number of alkyl halides is 3. The number of rotatable bonds is 4. The minimum absolute atomic E-state index is 0.112. The third kappa shape index (κ3) is 8.23. The van der Waals surface area contributed by atoms with Gasteiger partial charge in [-0.3, -0.25) is 4.55 Å². The van der Waals surface area contributed by atoms with E-state index < -0.39 is 22.1 Å². The highest BCUT2D eigenvalue weighted by Crippen LogP contribution is 2.39. The lowest BCUT2D eigenvalue weighted by Crippen LogP contribution is -2.39. The van der Waals surface area contributed by atoms with Crippen LogP contribution in [0.3, 0.4) is 0 Å². The molecule has 160 valence electrons. The lowest BCUT2D eigenvalue weighted by atomic mass is 10.1. The molecule has 0 saturated carbocycles. The van der Waals surface area contributed by atoms with Crippen LogP contribution in [-0.4, -0.2) is 39.1 Å². The Morgan fingerprint density at radius 3 is 2.07 bits per heavy atom. The third-order valence-electron chi connectivity index (χ3n) is 3.72. The topological polar surface area (TPSA) is 87.7 Å². The first-order valence-corrected chi connectivity index (χ1v) is 10.8. The highest BCUT2D eigenvalue weighted by Gasteiger charge is 2.30. The zero-order valence-corrected chi connectivity index (χ0v) is 17.1. The number of para-hydroxylation sites is 1. The molecular weight excluding hydrogens is 429 g/mol. The van der Waals surface area contributed by atoms with Gasteiger partial charge in [-0.2, -0.15) is 21.6 Å². The maximum Gasteiger partial charge on any atom is 0.446 e. The summed E-state index contributed by atoms with van der Waals surface area (Å²) < 4.78 is 72.8. The number of benzene rings is 2. The molecule has 2 aromatic rings. The molecule has 1 aliphatic rings. The maximum absolute atomic E-state index is 12.7. The first kappa shape index (κ1) is 23.5. The molecule has 0 unspecified atom stereocenters. The number of halogens is 3. The van der Waals surface area contributed by atoms with Crippen LogP contribution in [0, 0.1) is 6.92 Å². The zero-order chi connectivity index (χ0) is 21.5. The molecule has 1 heterocycles. The van der Waals surface area contributed by atoms with E-state index in [-0.39, 0.29) is 5.75 Å². The van der Waals surface area contributed by atoms with Gasteiger partial charge in [-0.05, 0) is 42.8 Å². The molecule has 3 rings (SSSR count). The van der Waals surface area contributed by atoms with Gasteiger partial charge >= 0.3 is 16.6 Å². The van der Waals surface area contributed by atoms with E-state index in [0.717, 1.165) is 50.1 Å². The summed E-state index contributed by atoms with van der Waals surface area (Å²) in [6, 6.07) is 9.23. The maximum atomic E-state index is 12.7. The van der Waals surface area contributed by atoms with Crippen molar-refractivity contribution in [2.75, 3.05) is 26.2 Å². The van der Waals surface area contributed by atoms with Gasteiger partial charge in [0.05, 0.1) is 10.5 Å². The summed E-state index contributed by atoms with van der Waals surface area (Å²) in [4.78, 5) is 0.845. The van der Waals surface area contributed by atoms with Crippen LogP contribution in [-0.2, 0) is 16.6 Å². The van der Waals surface area contributed by atoms with E-state index >= 15 is 0 Å². The Kier molecular flexibility index (Phi) is 8.34. The minimum atomic E-state index is -4.69. The fourth-order valence-corrected chi connectivity index (χ4v) is 3.75. The molecule has 0 spiro atoms. The summed E-state index contributed by atoms with van der Waals surface area (Å²) in [5.74, 6) is -0.112. The fourth-order valence-electron chi connectivity index (χ4n) is 2.38. The highest BCUT2D eigenvalue weighted by molar-refractivity contribution is 7.99. The number of piperazine rings is 1. The smallest absolute Gasteiger partial charge is 0.361 e. The van der Waals surface area contributed by atoms with Gasteiger partial charge in [0.15, 0.2) is 5.75 Å². The average molecular weight is 451 g/mol. The molecule has 11 heteroatoms. The SMILES string of the molecule is C1CNCCN1.Cc1cc(C(F)(F)F)ccc1Sc1ccccc1OS(=O)(=O)O. The molecule has 6 nitrogen and oxygen atoms in total. The fraction of sp³-hybridized carbons (Fsp3) is 0.333. The molecule has 29 heavy (non-hydrogen) atoms. The van der Waals surface area contributed by atoms with Crippen molar-refractivity contribution in [3.05, 3.63) is 53.6 Å². The van der Waals surface area contributed by atoms with Gasteiger partial charge in [-0.1, -0.05) is 23.9 Å². The van der Waals surface area contributed by atoms with E-state index in [2.05, 4.69) is 14.8 Å². The Hall–Kier alpha value is -1.79. The molecule has 1 fully saturated rings. The van der Waals surface area contributed by atoms with Crippen LogP contribution in [0.2, 0.25) is 0 Å². The Bertz CT molecular complexity index is 906. The van der Waals surface area contributed by atoms with Gasteiger partial charge in [-0.15, -0.1) is 0 Å². The van der Waals surface area contributed by atoms with Gasteiger partial charge in [0, 0.05) is 31.1 Å². The van der Waals surface area contributed by atoms with Crippen LogP contribution in [0.15, 0.2) is 52.3 Å². The lowest BCUT2D eigenvalue weighted by molar-refractivity contribution is -0.137. The zero-order valence-electron chi connectivity index (χ0n) is 15.5. The van der Waals surface area contributed by atoms with Crippen molar-refractivity contribution in [1.82, 2.24) is 10.6 Å². The first-order valence-electron chi connectivity index (χ1n) is 8.59. The van der Waals surface area contributed by atoms with Crippen LogP contribution in [0.4, 0.5) is 13.2 Å². The monoisotopic (exact) mass is 450 g/mol. The van der Waals surface area contributed by atoms with Gasteiger partial charge < -0.3 is 14.8 Å². The van der Waals surface area contributed by atoms with Crippen LogP contribution in [0.25, 0.3) is 0 Å². The van der Waals surface area contributed by atoms with Crippen molar-refractivity contribution in [1.29, 1.82) is 0 Å². The summed E-state index contributed by atoms with van der Waals surface area (Å²) in [6.45, 7) is 6.07. The first-order chi connectivity index (χ1) is 13.6. The van der Waals surface area contributed by atoms with E-state index in [9.17, 15) is 21.6 Å². The second-order valence-electron chi connectivity index (χ2n) is 6.04.